The number of thiocarbonyl (C=S) groups is 1. The lowest BCUT2D eigenvalue weighted by Crippen LogP contribution is -2.28. The van der Waals surface area contributed by atoms with E-state index >= 15 is 0 Å². The van der Waals surface area contributed by atoms with Crippen molar-refractivity contribution in [1.82, 2.24) is 20.2 Å². The molecule has 0 aromatic carbocycles. The van der Waals surface area contributed by atoms with Gasteiger partial charge in [0.2, 0.25) is 0 Å². The van der Waals surface area contributed by atoms with Gasteiger partial charge in [-0.2, -0.15) is 0 Å². The maximum atomic E-state index is 5.18. The Morgan fingerprint density at radius 2 is 2.50 bits per heavy atom. The van der Waals surface area contributed by atoms with E-state index in [0.717, 1.165) is 34.2 Å². The van der Waals surface area contributed by atoms with Gasteiger partial charge in [-0.1, -0.05) is 0 Å². The van der Waals surface area contributed by atoms with E-state index in [2.05, 4.69) is 20.2 Å². The third-order valence-electron chi connectivity index (χ3n) is 2.53. The molecule has 0 bridgehead atoms. The predicted octanol–water partition coefficient (Wildman–Crippen LogP) is 1.38. The summed E-state index contributed by atoms with van der Waals surface area (Å²) in [6.45, 7) is 2.55. The Bertz CT molecular complexity index is 536. The van der Waals surface area contributed by atoms with Crippen molar-refractivity contribution in [3.8, 4) is 0 Å². The topological polar surface area (TPSA) is 41.0 Å². The van der Waals surface area contributed by atoms with Crippen molar-refractivity contribution in [3.05, 3.63) is 23.5 Å². The molecule has 0 radical (unpaired) electrons. The quantitative estimate of drug-likeness (QED) is 0.816. The van der Waals surface area contributed by atoms with Crippen LogP contribution in [0.5, 0.6) is 0 Å². The molecular weight excluding hydrogens is 240 g/mol. The van der Waals surface area contributed by atoms with Crippen LogP contribution in [-0.4, -0.2) is 33.1 Å². The van der Waals surface area contributed by atoms with Gasteiger partial charge in [-0.15, -0.1) is 11.3 Å². The van der Waals surface area contributed by atoms with E-state index in [-0.39, 0.29) is 0 Å². The molecule has 1 fully saturated rings. The predicted molar refractivity (Wildman–Crippen MR) is 68.4 cm³/mol. The zero-order chi connectivity index (χ0) is 11.0. The standard InChI is InChI=1S/C10H10N4S2/c15-10-11-2-3-14(10)6-8-12-5-7-1-4-16-9(7)13-8/h1,4-5H,2-3,6H2,(H,11,15). The van der Waals surface area contributed by atoms with Crippen molar-refractivity contribution in [2.45, 2.75) is 6.54 Å². The lowest BCUT2D eigenvalue weighted by molar-refractivity contribution is 0.450. The minimum atomic E-state index is 0.694. The van der Waals surface area contributed by atoms with E-state index in [4.69, 9.17) is 12.2 Å². The number of rotatable bonds is 2. The maximum Gasteiger partial charge on any atom is 0.169 e. The Morgan fingerprint density at radius 3 is 3.31 bits per heavy atom. The number of hydrogen-bond donors (Lipinski definition) is 1. The fourth-order valence-electron chi connectivity index (χ4n) is 1.70. The third-order valence-corrected chi connectivity index (χ3v) is 3.76. The molecule has 2 aromatic rings. The molecule has 1 saturated heterocycles. The smallest absolute Gasteiger partial charge is 0.169 e. The van der Waals surface area contributed by atoms with Gasteiger partial charge in [-0.3, -0.25) is 0 Å². The Labute approximate surface area is 102 Å². The van der Waals surface area contributed by atoms with Crippen LogP contribution in [0.25, 0.3) is 10.2 Å². The molecule has 6 heteroatoms. The molecule has 3 rings (SSSR count). The molecule has 0 aliphatic carbocycles. The van der Waals surface area contributed by atoms with Gasteiger partial charge < -0.3 is 10.2 Å². The van der Waals surface area contributed by atoms with Crippen LogP contribution in [0.15, 0.2) is 17.6 Å². The van der Waals surface area contributed by atoms with Crippen molar-refractivity contribution in [3.63, 3.8) is 0 Å². The molecule has 3 heterocycles. The van der Waals surface area contributed by atoms with E-state index in [1.807, 2.05) is 17.6 Å². The van der Waals surface area contributed by atoms with Crippen molar-refractivity contribution in [2.75, 3.05) is 13.1 Å². The summed E-state index contributed by atoms with van der Waals surface area (Å²) in [5, 5.41) is 7.07. The largest absolute Gasteiger partial charge is 0.361 e. The average Bonchev–Trinajstić information content (AvgIpc) is 2.88. The first-order valence-corrected chi connectivity index (χ1v) is 6.33. The minimum absolute atomic E-state index is 0.694. The third kappa shape index (κ3) is 1.74. The van der Waals surface area contributed by atoms with Gasteiger partial charge in [0.1, 0.15) is 10.7 Å². The van der Waals surface area contributed by atoms with Crippen LogP contribution in [0.3, 0.4) is 0 Å². The lowest BCUT2D eigenvalue weighted by atomic mass is 10.4. The van der Waals surface area contributed by atoms with Crippen molar-refractivity contribution < 1.29 is 0 Å². The monoisotopic (exact) mass is 250 g/mol. The fraction of sp³-hybridized carbons (Fsp3) is 0.300. The van der Waals surface area contributed by atoms with E-state index < -0.39 is 0 Å². The summed E-state index contributed by atoms with van der Waals surface area (Å²) < 4.78 is 0. The van der Waals surface area contributed by atoms with Gasteiger partial charge in [0, 0.05) is 24.7 Å². The summed E-state index contributed by atoms with van der Waals surface area (Å²) >= 11 is 6.82. The summed E-state index contributed by atoms with van der Waals surface area (Å²) in [4.78, 5) is 12.0. The summed E-state index contributed by atoms with van der Waals surface area (Å²) in [6, 6.07) is 2.03. The molecule has 1 N–H and O–H groups in total. The number of nitrogens with zero attached hydrogens (tertiary/aromatic N) is 3. The molecule has 16 heavy (non-hydrogen) atoms. The van der Waals surface area contributed by atoms with Crippen LogP contribution in [0.1, 0.15) is 5.82 Å². The second-order valence-corrected chi connectivity index (χ2v) is 4.90. The van der Waals surface area contributed by atoms with Crippen LogP contribution in [-0.2, 0) is 6.54 Å². The zero-order valence-electron chi connectivity index (χ0n) is 8.51. The molecule has 0 amide bonds. The average molecular weight is 250 g/mol. The molecule has 0 spiro atoms. The molecule has 0 saturated carbocycles. The number of nitrogens with one attached hydrogen (secondary N) is 1. The van der Waals surface area contributed by atoms with E-state index in [1.54, 1.807) is 11.3 Å². The van der Waals surface area contributed by atoms with Crippen LogP contribution in [0.2, 0.25) is 0 Å². The van der Waals surface area contributed by atoms with E-state index in [0.29, 0.717) is 6.54 Å². The Balaban J connectivity index is 1.85. The SMILES string of the molecule is S=C1NCCN1Cc1ncc2ccsc2n1. The molecular formula is C10H10N4S2. The van der Waals surface area contributed by atoms with Crippen LogP contribution in [0, 0.1) is 0 Å². The molecule has 1 aliphatic heterocycles. The normalized spacial score (nSPS) is 15.8. The molecule has 2 aromatic heterocycles. The summed E-state index contributed by atoms with van der Waals surface area (Å²) in [7, 11) is 0. The highest BCUT2D eigenvalue weighted by molar-refractivity contribution is 7.80. The second-order valence-electron chi connectivity index (χ2n) is 3.62. The van der Waals surface area contributed by atoms with Crippen molar-refractivity contribution in [1.29, 1.82) is 0 Å². The zero-order valence-corrected chi connectivity index (χ0v) is 10.1. The highest BCUT2D eigenvalue weighted by Crippen LogP contribution is 2.17. The van der Waals surface area contributed by atoms with Crippen molar-refractivity contribution in [2.24, 2.45) is 0 Å². The number of thiophene rings is 1. The van der Waals surface area contributed by atoms with Crippen LogP contribution < -0.4 is 5.32 Å². The first kappa shape index (κ1) is 9.92. The lowest BCUT2D eigenvalue weighted by Gasteiger charge is -2.14. The molecule has 1 aliphatic rings. The Hall–Kier alpha value is -1.27. The van der Waals surface area contributed by atoms with Gasteiger partial charge >= 0.3 is 0 Å². The van der Waals surface area contributed by atoms with E-state index in [1.165, 1.54) is 0 Å². The van der Waals surface area contributed by atoms with Crippen LogP contribution in [0.4, 0.5) is 0 Å². The van der Waals surface area contributed by atoms with Gasteiger partial charge in [0.25, 0.3) is 0 Å². The van der Waals surface area contributed by atoms with E-state index in [9.17, 15) is 0 Å². The Morgan fingerprint density at radius 1 is 1.56 bits per heavy atom. The van der Waals surface area contributed by atoms with Crippen molar-refractivity contribution >= 4 is 38.9 Å². The summed E-state index contributed by atoms with van der Waals surface area (Å²) in [5.74, 6) is 0.834. The van der Waals surface area contributed by atoms with Gasteiger partial charge in [0.05, 0.1) is 6.54 Å². The maximum absolute atomic E-state index is 5.18. The van der Waals surface area contributed by atoms with Gasteiger partial charge in [-0.25, -0.2) is 9.97 Å². The minimum Gasteiger partial charge on any atom is -0.361 e. The first-order valence-electron chi connectivity index (χ1n) is 5.05. The van der Waals surface area contributed by atoms with Gasteiger partial charge in [0.15, 0.2) is 5.11 Å². The molecule has 0 atom stereocenters. The summed E-state index contributed by atoms with van der Waals surface area (Å²) in [5.41, 5.74) is 0. The number of aromatic nitrogens is 2. The van der Waals surface area contributed by atoms with Crippen LogP contribution >= 0.6 is 23.6 Å². The highest BCUT2D eigenvalue weighted by Gasteiger charge is 2.17. The first-order chi connectivity index (χ1) is 7.83. The highest BCUT2D eigenvalue weighted by atomic mass is 32.1. The number of fused-ring (bicyclic) bond motifs is 1. The molecule has 82 valence electrons. The second kappa shape index (κ2) is 3.95. The number of hydrogen-bond acceptors (Lipinski definition) is 4. The molecule has 4 nitrogen and oxygen atoms in total. The summed E-state index contributed by atoms with van der Waals surface area (Å²) in [6.07, 6.45) is 1.88. The Kier molecular flexibility index (Phi) is 2.45. The molecule has 0 unspecified atom stereocenters. The van der Waals surface area contributed by atoms with Gasteiger partial charge in [-0.05, 0) is 23.7 Å². The fourth-order valence-corrected chi connectivity index (χ4v) is 2.72.